The van der Waals surface area contributed by atoms with E-state index in [4.69, 9.17) is 0 Å². The van der Waals surface area contributed by atoms with Gasteiger partial charge >= 0.3 is 39.5 Å². The molecule has 0 bridgehead atoms. The molecule has 0 heterocycles. The van der Waals surface area contributed by atoms with Gasteiger partial charge < -0.3 is 10.6 Å². The first kappa shape index (κ1) is 23.5. The molecule has 3 nitrogen and oxygen atoms in total. The number of aryl methyl sites for hydroxylation is 4. The fraction of sp³-hybridized carbons (Fsp3) is 0.400. The van der Waals surface area contributed by atoms with Crippen LogP contribution in [0.15, 0.2) is 30.3 Å². The maximum atomic E-state index is 3.56. The van der Waals surface area contributed by atoms with Gasteiger partial charge in [-0.15, -0.1) is 11.1 Å². The van der Waals surface area contributed by atoms with Gasteiger partial charge in [0.05, 0.1) is 6.67 Å². The van der Waals surface area contributed by atoms with Crippen molar-refractivity contribution in [3.63, 3.8) is 0 Å². The molecule has 2 aromatic rings. The minimum absolute atomic E-state index is 0.827. The van der Waals surface area contributed by atoms with Crippen molar-refractivity contribution in [2.45, 2.75) is 27.7 Å². The molecule has 0 atom stereocenters. The van der Waals surface area contributed by atoms with Crippen LogP contribution in [0.1, 0.15) is 22.3 Å². The molecule has 0 aliphatic rings. The van der Waals surface area contributed by atoms with Crippen LogP contribution in [-0.4, -0.2) is 31.7 Å². The molecular weight excluding hydrogens is 501 g/mol. The van der Waals surface area contributed by atoms with Crippen LogP contribution < -0.4 is 10.6 Å². The number of anilines is 2. The van der Waals surface area contributed by atoms with Gasteiger partial charge in [-0.2, -0.15) is 18.2 Å². The van der Waals surface area contributed by atoms with Crippen molar-refractivity contribution >= 4 is 39.7 Å². The van der Waals surface area contributed by atoms with Crippen molar-refractivity contribution in [1.82, 2.24) is 4.90 Å². The monoisotopic (exact) mass is 527 g/mol. The Morgan fingerprint density at radius 1 is 0.962 bits per heavy atom. The summed E-state index contributed by atoms with van der Waals surface area (Å²) >= 11 is 7.12. The molecule has 6 heteroatoms. The third kappa shape index (κ3) is 8.00. The molecular formula is C20H28Br2CoN3. The molecule has 0 aliphatic carbocycles. The summed E-state index contributed by atoms with van der Waals surface area (Å²) in [7, 11) is 2.14. The summed E-state index contributed by atoms with van der Waals surface area (Å²) in [5.74, 6) is 0. The molecule has 0 unspecified atom stereocenters. The van der Waals surface area contributed by atoms with Gasteiger partial charge in [-0.25, -0.2) is 0 Å². The Hall–Kier alpha value is -0.534. The maximum absolute atomic E-state index is 3.56. The molecule has 0 saturated heterocycles. The zero-order chi connectivity index (χ0) is 19.5. The standard InChI is InChI=1S/C20H28N3.2BrH.Co/c1-15-8-6-9-16(2)19(15)21-12-13-23(5)14-22-20-17(3)10-7-11-18(20)4;;;/h6-10,21-22H,12-14H2,1-5H3;2*1H;/q-1;;;+3/p-2. The summed E-state index contributed by atoms with van der Waals surface area (Å²) in [5.41, 5.74) is 7.50. The van der Waals surface area contributed by atoms with Crippen LogP contribution in [0.3, 0.4) is 0 Å². The quantitative estimate of drug-likeness (QED) is 0.350. The van der Waals surface area contributed by atoms with Crippen molar-refractivity contribution in [2.75, 3.05) is 37.4 Å². The van der Waals surface area contributed by atoms with Crippen LogP contribution in [-0.2, 0) is 11.1 Å². The molecule has 0 aromatic heterocycles. The Kier molecular flexibility index (Phi) is 11.6. The summed E-state index contributed by atoms with van der Waals surface area (Å²) in [6.45, 7) is 11.3. The molecule has 0 radical (unpaired) electrons. The first-order valence-electron chi connectivity index (χ1n) is 8.44. The molecule has 26 heavy (non-hydrogen) atoms. The summed E-state index contributed by atoms with van der Waals surface area (Å²) < 4.78 is 0. The predicted octanol–water partition coefficient (Wildman–Crippen LogP) is 5.82. The minimum atomic E-state index is 0.827. The number of hydrogen-bond donors (Lipinski definition) is 2. The van der Waals surface area contributed by atoms with Crippen LogP contribution in [0.5, 0.6) is 0 Å². The van der Waals surface area contributed by atoms with E-state index in [0.29, 0.717) is 0 Å². The summed E-state index contributed by atoms with van der Waals surface area (Å²) in [6, 6.07) is 13.7. The molecule has 2 aromatic carbocycles. The Morgan fingerprint density at radius 2 is 1.54 bits per heavy atom. The van der Waals surface area contributed by atoms with Gasteiger partial charge in [0, 0.05) is 18.8 Å². The van der Waals surface area contributed by atoms with Crippen molar-refractivity contribution in [3.8, 4) is 0 Å². The number of benzene rings is 2. The Bertz CT molecular complexity index is 640. The predicted molar refractivity (Wildman–Crippen MR) is 118 cm³/mol. The molecule has 0 aliphatic heterocycles. The number of halogens is 2. The fourth-order valence-electron chi connectivity index (χ4n) is 2.77. The topological polar surface area (TPSA) is 27.3 Å². The van der Waals surface area contributed by atoms with E-state index in [1.54, 1.807) is 0 Å². The van der Waals surface area contributed by atoms with E-state index >= 15 is 0 Å². The molecule has 0 saturated carbocycles. The Labute approximate surface area is 178 Å². The van der Waals surface area contributed by atoms with Gasteiger partial charge in [-0.1, -0.05) is 37.7 Å². The van der Waals surface area contributed by atoms with Crippen LogP contribution in [0.25, 0.3) is 0 Å². The van der Waals surface area contributed by atoms with Crippen LogP contribution in [0.2, 0.25) is 0 Å². The normalized spacial score (nSPS) is 10.5. The van der Waals surface area contributed by atoms with Crippen molar-refractivity contribution < 1.29 is 11.1 Å². The second kappa shape index (κ2) is 12.8. The van der Waals surface area contributed by atoms with Gasteiger partial charge in [-0.05, 0) is 32.0 Å². The number of hydrogen-bond acceptors (Lipinski definition) is 3. The van der Waals surface area contributed by atoms with Crippen LogP contribution in [0, 0.1) is 33.8 Å². The van der Waals surface area contributed by atoms with Gasteiger partial charge in [0.1, 0.15) is 0 Å². The van der Waals surface area contributed by atoms with E-state index in [0.717, 1.165) is 30.9 Å². The van der Waals surface area contributed by atoms with E-state index < -0.39 is 0 Å². The first-order valence-corrected chi connectivity index (χ1v) is 13.6. The van der Waals surface area contributed by atoms with Crippen molar-refractivity contribution in [1.29, 1.82) is 0 Å². The van der Waals surface area contributed by atoms with E-state index in [-0.39, 0.29) is 0 Å². The SMILES string of the molecule is Cc1[c-]ccc(C)c1NCN(C)CCNc1c(C)cccc1C.[Br][Co+][Br]. The summed E-state index contributed by atoms with van der Waals surface area (Å²) in [6.07, 6.45) is 0. The average Bonchev–Trinajstić information content (AvgIpc) is 2.58. The molecule has 0 fully saturated rings. The molecule has 0 amide bonds. The average molecular weight is 529 g/mol. The third-order valence-corrected chi connectivity index (χ3v) is 4.20. The second-order valence-corrected chi connectivity index (χ2v) is 11.6. The van der Waals surface area contributed by atoms with Crippen LogP contribution in [0.4, 0.5) is 11.4 Å². The fourth-order valence-corrected chi connectivity index (χ4v) is 2.77. The summed E-state index contributed by atoms with van der Waals surface area (Å²) in [5, 5.41) is 7.08. The van der Waals surface area contributed by atoms with Crippen LogP contribution >= 0.6 is 28.3 Å². The van der Waals surface area contributed by atoms with E-state index in [9.17, 15) is 0 Å². The zero-order valence-electron chi connectivity index (χ0n) is 16.0. The number of nitrogens with one attached hydrogen (secondary N) is 2. The van der Waals surface area contributed by atoms with E-state index in [2.05, 4.69) is 109 Å². The Morgan fingerprint density at radius 3 is 2.12 bits per heavy atom. The summed E-state index contributed by atoms with van der Waals surface area (Å²) in [4.78, 5) is 2.28. The molecule has 0 spiro atoms. The second-order valence-electron chi connectivity index (χ2n) is 6.32. The van der Waals surface area contributed by atoms with Gasteiger partial charge in [-0.3, -0.25) is 4.90 Å². The van der Waals surface area contributed by atoms with E-state index in [1.165, 1.54) is 33.6 Å². The number of rotatable bonds is 7. The van der Waals surface area contributed by atoms with E-state index in [1.807, 2.05) is 6.07 Å². The molecule has 2 N–H and O–H groups in total. The Balaban J connectivity index is 0.00000105. The van der Waals surface area contributed by atoms with Gasteiger partial charge in [0.25, 0.3) is 0 Å². The number of para-hydroxylation sites is 1. The van der Waals surface area contributed by atoms with Gasteiger partial charge in [0.15, 0.2) is 0 Å². The van der Waals surface area contributed by atoms with Crippen molar-refractivity contribution in [2.24, 2.45) is 0 Å². The van der Waals surface area contributed by atoms with Gasteiger partial charge in [0.2, 0.25) is 0 Å². The number of nitrogens with zero attached hydrogens (tertiary/aromatic N) is 1. The number of likely N-dealkylation sites (N-methyl/N-ethyl adjacent to an activating group) is 1. The molecule has 2 rings (SSSR count). The third-order valence-electron chi connectivity index (χ3n) is 4.20. The van der Waals surface area contributed by atoms with Crippen molar-refractivity contribution in [3.05, 3.63) is 58.7 Å². The first-order chi connectivity index (χ1) is 12.4. The molecule has 146 valence electrons. The zero-order valence-corrected chi connectivity index (χ0v) is 20.3.